The molecule has 1 aromatic heterocycles. The molecule has 0 bridgehead atoms. The number of aromatic nitrogens is 1. The average Bonchev–Trinajstić information content (AvgIpc) is 2.65. The number of nitrogens with zero attached hydrogens (tertiary/aromatic N) is 1. The Hall–Kier alpha value is -3.55. The summed E-state index contributed by atoms with van der Waals surface area (Å²) >= 11 is 0. The molecule has 0 atom stereocenters. The number of rotatable bonds is 5. The third-order valence-corrected chi connectivity index (χ3v) is 3.81. The molecule has 0 fully saturated rings. The van der Waals surface area contributed by atoms with E-state index in [1.165, 1.54) is 22.8 Å². The van der Waals surface area contributed by atoms with Crippen LogP contribution < -0.4 is 15.6 Å². The largest absolute Gasteiger partial charge is 0.573 e. The van der Waals surface area contributed by atoms with Crippen LogP contribution in [-0.2, 0) is 6.54 Å². The molecular weight excluding hydrogens is 373 g/mol. The van der Waals surface area contributed by atoms with Gasteiger partial charge in [-0.1, -0.05) is 30.3 Å². The Morgan fingerprint density at radius 3 is 2.29 bits per heavy atom. The van der Waals surface area contributed by atoms with Crippen molar-refractivity contribution in [1.82, 2.24) is 4.57 Å². The molecule has 0 radical (unpaired) electrons. The standard InChI is InChI=1S/C20H15F3N2O3/c21-20(22,23)28-16-10-8-15(9-11-16)24-18(26)17-7-4-12-25(19(17)27)13-14-5-2-1-3-6-14/h1-12H,13H2,(H,24,26). The molecule has 0 spiro atoms. The van der Waals surface area contributed by atoms with Gasteiger partial charge in [-0.15, -0.1) is 13.2 Å². The molecule has 0 saturated carbocycles. The summed E-state index contributed by atoms with van der Waals surface area (Å²) in [6.07, 6.45) is -3.21. The summed E-state index contributed by atoms with van der Waals surface area (Å²) in [5, 5.41) is 2.49. The van der Waals surface area contributed by atoms with E-state index in [0.717, 1.165) is 17.7 Å². The number of nitrogens with one attached hydrogen (secondary N) is 1. The topological polar surface area (TPSA) is 60.3 Å². The fraction of sp³-hybridized carbons (Fsp3) is 0.100. The first-order valence-corrected chi connectivity index (χ1v) is 8.22. The number of ether oxygens (including phenoxy) is 1. The summed E-state index contributed by atoms with van der Waals surface area (Å²) < 4.78 is 41.7. The van der Waals surface area contributed by atoms with Gasteiger partial charge in [0, 0.05) is 11.9 Å². The van der Waals surface area contributed by atoms with Crippen molar-refractivity contribution in [1.29, 1.82) is 0 Å². The van der Waals surface area contributed by atoms with Crippen molar-refractivity contribution in [3.63, 3.8) is 0 Å². The van der Waals surface area contributed by atoms with E-state index < -0.39 is 23.6 Å². The predicted octanol–water partition coefficient (Wildman–Crippen LogP) is 4.05. The van der Waals surface area contributed by atoms with Gasteiger partial charge < -0.3 is 14.6 Å². The Balaban J connectivity index is 1.74. The fourth-order valence-electron chi connectivity index (χ4n) is 2.55. The van der Waals surface area contributed by atoms with Crippen LogP contribution in [0.2, 0.25) is 0 Å². The summed E-state index contributed by atoms with van der Waals surface area (Å²) in [7, 11) is 0. The van der Waals surface area contributed by atoms with E-state index in [2.05, 4.69) is 10.1 Å². The molecule has 3 aromatic rings. The molecule has 0 unspecified atom stereocenters. The second-order valence-corrected chi connectivity index (χ2v) is 5.87. The molecule has 1 N–H and O–H groups in total. The van der Waals surface area contributed by atoms with Gasteiger partial charge >= 0.3 is 6.36 Å². The van der Waals surface area contributed by atoms with E-state index in [0.29, 0.717) is 6.54 Å². The van der Waals surface area contributed by atoms with Crippen molar-refractivity contribution in [2.75, 3.05) is 5.32 Å². The molecular formula is C20H15F3N2O3. The van der Waals surface area contributed by atoms with Gasteiger partial charge in [0.05, 0.1) is 6.54 Å². The molecule has 144 valence electrons. The number of benzene rings is 2. The van der Waals surface area contributed by atoms with Crippen molar-refractivity contribution in [3.8, 4) is 5.75 Å². The van der Waals surface area contributed by atoms with Crippen LogP contribution in [0.15, 0.2) is 77.7 Å². The summed E-state index contributed by atoms with van der Waals surface area (Å²) in [6, 6.07) is 16.9. The maximum Gasteiger partial charge on any atom is 0.573 e. The van der Waals surface area contributed by atoms with E-state index in [-0.39, 0.29) is 11.3 Å². The minimum Gasteiger partial charge on any atom is -0.406 e. The minimum atomic E-state index is -4.79. The number of alkyl halides is 3. The van der Waals surface area contributed by atoms with Crippen LogP contribution in [0.1, 0.15) is 15.9 Å². The van der Waals surface area contributed by atoms with Crippen LogP contribution in [0.3, 0.4) is 0 Å². The predicted molar refractivity (Wildman–Crippen MR) is 97.3 cm³/mol. The highest BCUT2D eigenvalue weighted by Gasteiger charge is 2.31. The molecule has 5 nitrogen and oxygen atoms in total. The lowest BCUT2D eigenvalue weighted by molar-refractivity contribution is -0.274. The zero-order valence-corrected chi connectivity index (χ0v) is 14.4. The van der Waals surface area contributed by atoms with E-state index in [1.54, 1.807) is 12.3 Å². The maximum absolute atomic E-state index is 12.6. The fourth-order valence-corrected chi connectivity index (χ4v) is 2.55. The average molecular weight is 388 g/mol. The van der Waals surface area contributed by atoms with Gasteiger partial charge in [0.15, 0.2) is 0 Å². The van der Waals surface area contributed by atoms with Crippen LogP contribution in [0.5, 0.6) is 5.75 Å². The SMILES string of the molecule is O=C(Nc1ccc(OC(F)(F)F)cc1)c1cccn(Cc2ccccc2)c1=O. The maximum atomic E-state index is 12.6. The highest BCUT2D eigenvalue weighted by atomic mass is 19.4. The van der Waals surface area contributed by atoms with Crippen molar-refractivity contribution >= 4 is 11.6 Å². The molecule has 3 rings (SSSR count). The minimum absolute atomic E-state index is 0.0750. The molecule has 0 aliphatic carbocycles. The van der Waals surface area contributed by atoms with Crippen molar-refractivity contribution in [2.45, 2.75) is 12.9 Å². The van der Waals surface area contributed by atoms with Crippen LogP contribution in [0, 0.1) is 0 Å². The van der Waals surface area contributed by atoms with Crippen LogP contribution in [-0.4, -0.2) is 16.8 Å². The van der Waals surface area contributed by atoms with Gasteiger partial charge in [-0.3, -0.25) is 9.59 Å². The molecule has 1 amide bonds. The van der Waals surface area contributed by atoms with Gasteiger partial charge in [-0.05, 0) is 42.0 Å². The summed E-state index contributed by atoms with van der Waals surface area (Å²) in [5.41, 5.74) is 0.592. The molecule has 0 saturated heterocycles. The van der Waals surface area contributed by atoms with E-state index in [4.69, 9.17) is 0 Å². The van der Waals surface area contributed by atoms with Crippen molar-refractivity contribution in [2.24, 2.45) is 0 Å². The number of pyridine rings is 1. The lowest BCUT2D eigenvalue weighted by Gasteiger charge is -2.11. The second-order valence-electron chi connectivity index (χ2n) is 5.87. The summed E-state index contributed by atoms with van der Waals surface area (Å²) in [4.78, 5) is 25.0. The zero-order chi connectivity index (χ0) is 20.1. The second kappa shape index (κ2) is 7.99. The smallest absolute Gasteiger partial charge is 0.406 e. The normalized spacial score (nSPS) is 11.1. The molecule has 28 heavy (non-hydrogen) atoms. The van der Waals surface area contributed by atoms with Crippen molar-refractivity contribution in [3.05, 3.63) is 94.4 Å². The Bertz CT molecular complexity index is 1010. The Labute approximate surface area is 158 Å². The molecule has 2 aromatic carbocycles. The van der Waals surface area contributed by atoms with Gasteiger partial charge in [0.25, 0.3) is 11.5 Å². The van der Waals surface area contributed by atoms with Gasteiger partial charge in [0.2, 0.25) is 0 Å². The third kappa shape index (κ3) is 5.00. The Morgan fingerprint density at radius 1 is 0.964 bits per heavy atom. The number of carbonyl (C=O) groups is 1. The number of carbonyl (C=O) groups excluding carboxylic acids is 1. The van der Waals surface area contributed by atoms with Gasteiger partial charge in [0.1, 0.15) is 11.3 Å². The highest BCUT2D eigenvalue weighted by Crippen LogP contribution is 2.24. The number of anilines is 1. The highest BCUT2D eigenvalue weighted by molar-refractivity contribution is 6.04. The van der Waals surface area contributed by atoms with Crippen LogP contribution in [0.4, 0.5) is 18.9 Å². The number of amides is 1. The first-order valence-electron chi connectivity index (χ1n) is 8.22. The van der Waals surface area contributed by atoms with Crippen LogP contribution in [0.25, 0.3) is 0 Å². The lowest BCUT2D eigenvalue weighted by Crippen LogP contribution is -2.29. The van der Waals surface area contributed by atoms with Crippen molar-refractivity contribution < 1.29 is 22.7 Å². The number of hydrogen-bond acceptors (Lipinski definition) is 3. The van der Waals surface area contributed by atoms with E-state index in [1.807, 2.05) is 30.3 Å². The van der Waals surface area contributed by atoms with E-state index >= 15 is 0 Å². The van der Waals surface area contributed by atoms with Crippen LogP contribution >= 0.6 is 0 Å². The van der Waals surface area contributed by atoms with Gasteiger partial charge in [-0.2, -0.15) is 0 Å². The summed E-state index contributed by atoms with van der Waals surface area (Å²) in [6.45, 7) is 0.310. The first-order chi connectivity index (χ1) is 13.3. The lowest BCUT2D eigenvalue weighted by atomic mass is 10.2. The van der Waals surface area contributed by atoms with Gasteiger partial charge in [-0.25, -0.2) is 0 Å². The first kappa shape index (κ1) is 19.2. The Morgan fingerprint density at radius 2 is 1.64 bits per heavy atom. The zero-order valence-electron chi connectivity index (χ0n) is 14.4. The quantitative estimate of drug-likeness (QED) is 0.718. The number of halogens is 3. The Kier molecular flexibility index (Phi) is 5.49. The molecule has 0 aliphatic rings. The monoisotopic (exact) mass is 388 g/mol. The molecule has 8 heteroatoms. The third-order valence-electron chi connectivity index (χ3n) is 3.81. The summed E-state index contributed by atoms with van der Waals surface area (Å²) in [5.74, 6) is -1.06. The molecule has 0 aliphatic heterocycles. The number of hydrogen-bond donors (Lipinski definition) is 1. The van der Waals surface area contributed by atoms with E-state index in [9.17, 15) is 22.8 Å². The molecule has 1 heterocycles.